The maximum Gasteiger partial charge on any atom is 0.306 e. The molecule has 4 heteroatoms. The molecule has 4 nitrogen and oxygen atoms in total. The second-order valence-electron chi connectivity index (χ2n) is 8.28. The van der Waals surface area contributed by atoms with Crippen LogP contribution in [0.25, 0.3) is 0 Å². The number of carbonyl (C=O) groups is 1. The van der Waals surface area contributed by atoms with Gasteiger partial charge in [0.15, 0.2) is 5.79 Å². The number of esters is 1. The van der Waals surface area contributed by atoms with Crippen molar-refractivity contribution in [2.75, 3.05) is 6.61 Å². The summed E-state index contributed by atoms with van der Waals surface area (Å²) in [5, 5.41) is 0. The zero-order valence-corrected chi connectivity index (χ0v) is 14.6. The molecular formula is C20H28O4. The van der Waals surface area contributed by atoms with Crippen LogP contribution >= 0.6 is 0 Å². The molecule has 0 radical (unpaired) electrons. The summed E-state index contributed by atoms with van der Waals surface area (Å²) >= 11 is 0. The Morgan fingerprint density at radius 2 is 2.00 bits per heavy atom. The normalized spacial score (nSPS) is 46.8. The Morgan fingerprint density at radius 1 is 1.21 bits per heavy atom. The summed E-state index contributed by atoms with van der Waals surface area (Å²) in [6, 6.07) is 0. The molecule has 7 atom stereocenters. The van der Waals surface area contributed by atoms with Crippen LogP contribution < -0.4 is 0 Å². The van der Waals surface area contributed by atoms with Crippen LogP contribution in [0.4, 0.5) is 0 Å². The van der Waals surface area contributed by atoms with Crippen LogP contribution in [0.15, 0.2) is 24.8 Å². The van der Waals surface area contributed by atoms with Crippen LogP contribution in [0.2, 0.25) is 0 Å². The fraction of sp³-hybridized carbons (Fsp3) is 0.750. The summed E-state index contributed by atoms with van der Waals surface area (Å²) in [6.45, 7) is 8.55. The molecule has 132 valence electrons. The average Bonchev–Trinajstić information content (AvgIpc) is 2.99. The van der Waals surface area contributed by atoms with Gasteiger partial charge in [0.05, 0.1) is 19.1 Å². The van der Waals surface area contributed by atoms with Gasteiger partial charge in [-0.05, 0) is 44.9 Å². The zero-order chi connectivity index (χ0) is 16.9. The molecule has 2 saturated heterocycles. The third-order valence-corrected chi connectivity index (χ3v) is 6.41. The number of ether oxygens (including phenoxy) is 3. The minimum absolute atomic E-state index is 0.0548. The lowest BCUT2D eigenvalue weighted by Crippen LogP contribution is -2.38. The standard InChI is InChI=1S/C20H28O4/c1-4-12-10-18(21)23-19-15-8-7-13(5-6-14(15)9-16(12)19)17-11-22-20(2,3)24-17/h4-6,12-17,19H,1,7-11H2,2-3H3/t12-,13+,14+,15-,16+,17-,19+/m0/s1. The molecule has 4 aliphatic rings. The fourth-order valence-electron chi connectivity index (χ4n) is 5.18. The van der Waals surface area contributed by atoms with Gasteiger partial charge in [-0.15, -0.1) is 6.58 Å². The molecule has 0 aromatic rings. The highest BCUT2D eigenvalue weighted by Gasteiger charge is 2.50. The zero-order valence-electron chi connectivity index (χ0n) is 14.6. The van der Waals surface area contributed by atoms with Crippen molar-refractivity contribution in [1.82, 2.24) is 0 Å². The van der Waals surface area contributed by atoms with E-state index in [9.17, 15) is 4.79 Å². The second-order valence-corrected chi connectivity index (χ2v) is 8.28. The van der Waals surface area contributed by atoms with E-state index < -0.39 is 5.79 Å². The smallest absolute Gasteiger partial charge is 0.306 e. The Morgan fingerprint density at radius 3 is 2.71 bits per heavy atom. The van der Waals surface area contributed by atoms with Crippen LogP contribution in [0, 0.1) is 29.6 Å². The minimum Gasteiger partial charge on any atom is -0.462 e. The number of hydrogen-bond acceptors (Lipinski definition) is 4. The van der Waals surface area contributed by atoms with Gasteiger partial charge in [0.1, 0.15) is 6.10 Å². The van der Waals surface area contributed by atoms with Crippen LogP contribution in [0.1, 0.15) is 39.5 Å². The maximum absolute atomic E-state index is 12.0. The van der Waals surface area contributed by atoms with Crippen molar-refractivity contribution in [3.8, 4) is 0 Å². The van der Waals surface area contributed by atoms with Gasteiger partial charge in [-0.2, -0.15) is 0 Å². The Bertz CT molecular complexity index is 552. The van der Waals surface area contributed by atoms with E-state index >= 15 is 0 Å². The molecule has 3 fully saturated rings. The predicted molar refractivity (Wildman–Crippen MR) is 90.0 cm³/mol. The molecule has 4 rings (SSSR count). The minimum atomic E-state index is -0.470. The highest BCUT2D eigenvalue weighted by Crippen LogP contribution is 2.50. The lowest BCUT2D eigenvalue weighted by atomic mass is 9.82. The number of carbonyl (C=O) groups excluding carboxylic acids is 1. The molecule has 1 saturated carbocycles. The summed E-state index contributed by atoms with van der Waals surface area (Å²) in [7, 11) is 0. The molecule has 0 aromatic heterocycles. The Hall–Kier alpha value is -1.13. The van der Waals surface area contributed by atoms with Crippen molar-refractivity contribution < 1.29 is 19.0 Å². The monoisotopic (exact) mass is 332 g/mol. The third kappa shape index (κ3) is 2.84. The van der Waals surface area contributed by atoms with Crippen LogP contribution in [0.5, 0.6) is 0 Å². The summed E-state index contributed by atoms with van der Waals surface area (Å²) in [5.74, 6) is 1.54. The molecule has 0 unspecified atom stereocenters. The first-order valence-corrected chi connectivity index (χ1v) is 9.29. The SMILES string of the molecule is C=C[C@H]1CC(=O)O[C@@H]2[C@H]3CC[C@H]([C@@H]4COC(C)(C)O4)C=C[C@@H]3C[C@@H]21. The molecule has 0 spiro atoms. The van der Waals surface area contributed by atoms with E-state index in [4.69, 9.17) is 14.2 Å². The molecule has 2 heterocycles. The van der Waals surface area contributed by atoms with Gasteiger partial charge in [-0.25, -0.2) is 0 Å². The van der Waals surface area contributed by atoms with Gasteiger partial charge in [0, 0.05) is 17.8 Å². The molecule has 2 aliphatic heterocycles. The number of fused-ring (bicyclic) bond motifs is 3. The molecule has 2 aliphatic carbocycles. The third-order valence-electron chi connectivity index (χ3n) is 6.41. The van der Waals surface area contributed by atoms with Gasteiger partial charge in [0.25, 0.3) is 0 Å². The maximum atomic E-state index is 12.0. The Labute approximate surface area is 144 Å². The van der Waals surface area contributed by atoms with Crippen molar-refractivity contribution in [3.63, 3.8) is 0 Å². The summed E-state index contributed by atoms with van der Waals surface area (Å²) in [4.78, 5) is 12.0. The van der Waals surface area contributed by atoms with E-state index in [0.717, 1.165) is 19.3 Å². The predicted octanol–water partition coefficient (Wildman–Crippen LogP) is 3.47. The van der Waals surface area contributed by atoms with E-state index in [2.05, 4.69) is 18.7 Å². The van der Waals surface area contributed by atoms with Crippen molar-refractivity contribution in [2.24, 2.45) is 29.6 Å². The van der Waals surface area contributed by atoms with Gasteiger partial charge < -0.3 is 14.2 Å². The quantitative estimate of drug-likeness (QED) is 0.574. The van der Waals surface area contributed by atoms with Crippen molar-refractivity contribution in [3.05, 3.63) is 24.8 Å². The number of hydrogen-bond donors (Lipinski definition) is 0. The van der Waals surface area contributed by atoms with Crippen molar-refractivity contribution >= 4 is 5.97 Å². The van der Waals surface area contributed by atoms with E-state index in [1.807, 2.05) is 19.9 Å². The second kappa shape index (κ2) is 5.99. The first-order valence-electron chi connectivity index (χ1n) is 9.29. The van der Waals surface area contributed by atoms with Gasteiger partial charge >= 0.3 is 5.97 Å². The van der Waals surface area contributed by atoms with Crippen LogP contribution in [-0.4, -0.2) is 30.6 Å². The van der Waals surface area contributed by atoms with Gasteiger partial charge in [-0.1, -0.05) is 18.2 Å². The van der Waals surface area contributed by atoms with Crippen LogP contribution in [0.3, 0.4) is 0 Å². The van der Waals surface area contributed by atoms with Crippen molar-refractivity contribution in [2.45, 2.75) is 57.5 Å². The average molecular weight is 332 g/mol. The molecule has 0 aromatic carbocycles. The van der Waals surface area contributed by atoms with E-state index in [1.165, 1.54) is 0 Å². The first kappa shape index (κ1) is 16.3. The lowest BCUT2D eigenvalue weighted by Gasteiger charge is -2.34. The Kier molecular flexibility index (Phi) is 4.08. The number of allylic oxidation sites excluding steroid dienone is 2. The van der Waals surface area contributed by atoms with Gasteiger partial charge in [-0.3, -0.25) is 4.79 Å². The highest BCUT2D eigenvalue weighted by atomic mass is 16.7. The fourth-order valence-corrected chi connectivity index (χ4v) is 5.18. The largest absolute Gasteiger partial charge is 0.462 e. The molecular weight excluding hydrogens is 304 g/mol. The van der Waals surface area contributed by atoms with Crippen molar-refractivity contribution in [1.29, 1.82) is 0 Å². The van der Waals surface area contributed by atoms with E-state index in [1.54, 1.807) is 0 Å². The molecule has 0 bridgehead atoms. The van der Waals surface area contributed by atoms with Crippen LogP contribution in [-0.2, 0) is 19.0 Å². The molecule has 0 amide bonds. The van der Waals surface area contributed by atoms with E-state index in [-0.39, 0.29) is 24.1 Å². The molecule has 24 heavy (non-hydrogen) atoms. The number of rotatable bonds is 2. The molecule has 0 N–H and O–H groups in total. The van der Waals surface area contributed by atoms with Gasteiger partial charge in [0.2, 0.25) is 0 Å². The van der Waals surface area contributed by atoms with E-state index in [0.29, 0.717) is 36.7 Å². The summed E-state index contributed by atoms with van der Waals surface area (Å²) < 4.78 is 17.6. The highest BCUT2D eigenvalue weighted by molar-refractivity contribution is 5.71. The summed E-state index contributed by atoms with van der Waals surface area (Å²) in [5.41, 5.74) is 0. The first-order chi connectivity index (χ1) is 11.5. The summed E-state index contributed by atoms with van der Waals surface area (Å²) in [6.07, 6.45) is 10.6. The Balaban J connectivity index is 1.48. The lowest BCUT2D eigenvalue weighted by molar-refractivity contribution is -0.162. The topological polar surface area (TPSA) is 44.8 Å².